The summed E-state index contributed by atoms with van der Waals surface area (Å²) in [5.41, 5.74) is 1.72. The predicted octanol–water partition coefficient (Wildman–Crippen LogP) is 2.52. The molecule has 2 heterocycles. The highest BCUT2D eigenvalue weighted by molar-refractivity contribution is 5.80. The van der Waals surface area contributed by atoms with E-state index < -0.39 is 0 Å². The van der Waals surface area contributed by atoms with Gasteiger partial charge in [0.15, 0.2) is 0 Å². The van der Waals surface area contributed by atoms with Crippen LogP contribution in [-0.2, 0) is 16.0 Å². The van der Waals surface area contributed by atoms with E-state index in [-0.39, 0.29) is 17.6 Å². The summed E-state index contributed by atoms with van der Waals surface area (Å²) in [5.74, 6) is 0.825. The number of aromatic nitrogens is 2. The Kier molecular flexibility index (Phi) is 3.91. The summed E-state index contributed by atoms with van der Waals surface area (Å²) in [6.45, 7) is 4.87. The number of hydrogen-bond donors (Lipinski definition) is 1. The number of likely N-dealkylation sites (N-methyl/N-ethyl adjacent to an activating group) is 1. The Morgan fingerprint density at radius 1 is 1.45 bits per heavy atom. The van der Waals surface area contributed by atoms with Gasteiger partial charge in [-0.15, -0.1) is 0 Å². The first-order valence-corrected chi connectivity index (χ1v) is 7.78. The van der Waals surface area contributed by atoms with Crippen LogP contribution in [0.5, 0.6) is 0 Å². The number of carbonyl (C=O) groups excluding carboxylic acids is 1. The Morgan fingerprint density at radius 3 is 2.95 bits per heavy atom. The van der Waals surface area contributed by atoms with E-state index in [1.165, 1.54) is 0 Å². The third-order valence-electron chi connectivity index (χ3n) is 4.37. The minimum atomic E-state index is -0.156. The molecule has 2 aromatic rings. The number of hydrogen-bond acceptors (Lipinski definition) is 3. The fraction of sp³-hybridized carbons (Fsp3) is 0.529. The minimum absolute atomic E-state index is 0.0988. The number of imidazole rings is 1. The van der Waals surface area contributed by atoms with Gasteiger partial charge >= 0.3 is 0 Å². The van der Waals surface area contributed by atoms with Crippen molar-refractivity contribution in [2.45, 2.75) is 44.8 Å². The van der Waals surface area contributed by atoms with Crippen LogP contribution in [0.4, 0.5) is 0 Å². The largest absolute Gasteiger partial charge is 0.375 e. The maximum atomic E-state index is 12.5. The zero-order chi connectivity index (χ0) is 15.7. The van der Waals surface area contributed by atoms with Crippen LogP contribution in [-0.4, -0.2) is 46.1 Å². The normalized spacial score (nSPS) is 21.0. The lowest BCUT2D eigenvalue weighted by Gasteiger charge is -2.39. The number of aromatic amines is 1. The van der Waals surface area contributed by atoms with Gasteiger partial charge in [-0.25, -0.2) is 4.98 Å². The van der Waals surface area contributed by atoms with Crippen LogP contribution in [0.25, 0.3) is 11.0 Å². The molecule has 5 heteroatoms. The highest BCUT2D eigenvalue weighted by Crippen LogP contribution is 2.27. The van der Waals surface area contributed by atoms with Crippen molar-refractivity contribution in [2.24, 2.45) is 0 Å². The van der Waals surface area contributed by atoms with Crippen LogP contribution in [0.1, 0.15) is 32.5 Å². The maximum Gasteiger partial charge on any atom is 0.230 e. The second-order valence-corrected chi connectivity index (χ2v) is 6.64. The van der Waals surface area contributed by atoms with Crippen molar-refractivity contribution in [3.05, 3.63) is 30.1 Å². The van der Waals surface area contributed by atoms with Gasteiger partial charge in [0.25, 0.3) is 0 Å². The molecule has 1 amide bonds. The molecule has 22 heavy (non-hydrogen) atoms. The van der Waals surface area contributed by atoms with Crippen LogP contribution in [0.2, 0.25) is 0 Å². The van der Waals surface area contributed by atoms with Gasteiger partial charge in [-0.05, 0) is 38.8 Å². The van der Waals surface area contributed by atoms with Crippen molar-refractivity contribution >= 4 is 16.9 Å². The van der Waals surface area contributed by atoms with Gasteiger partial charge in [-0.3, -0.25) is 4.79 Å². The van der Waals surface area contributed by atoms with Gasteiger partial charge < -0.3 is 14.6 Å². The third-order valence-corrected chi connectivity index (χ3v) is 4.37. The Labute approximate surface area is 130 Å². The average Bonchev–Trinajstić information content (AvgIpc) is 2.87. The smallest absolute Gasteiger partial charge is 0.230 e. The van der Waals surface area contributed by atoms with E-state index in [0.29, 0.717) is 13.0 Å². The van der Waals surface area contributed by atoms with Crippen LogP contribution < -0.4 is 0 Å². The van der Waals surface area contributed by atoms with Crippen molar-refractivity contribution in [1.29, 1.82) is 0 Å². The second-order valence-electron chi connectivity index (χ2n) is 6.64. The second kappa shape index (κ2) is 5.72. The van der Waals surface area contributed by atoms with Crippen LogP contribution in [0.15, 0.2) is 24.3 Å². The van der Waals surface area contributed by atoms with Crippen LogP contribution in [0, 0.1) is 0 Å². The lowest BCUT2D eigenvalue weighted by molar-refractivity contribution is -0.137. The summed E-state index contributed by atoms with van der Waals surface area (Å²) in [6, 6.07) is 8.07. The fourth-order valence-corrected chi connectivity index (χ4v) is 3.09. The molecule has 1 aliphatic heterocycles. The number of para-hydroxylation sites is 2. The summed E-state index contributed by atoms with van der Waals surface area (Å²) < 4.78 is 5.73. The molecule has 1 fully saturated rings. The Hall–Kier alpha value is -1.88. The number of benzene rings is 1. The van der Waals surface area contributed by atoms with E-state index in [0.717, 1.165) is 29.7 Å². The van der Waals surface area contributed by atoms with Gasteiger partial charge in [-0.2, -0.15) is 0 Å². The lowest BCUT2D eigenvalue weighted by Crippen LogP contribution is -2.47. The number of carbonyl (C=O) groups is 1. The summed E-state index contributed by atoms with van der Waals surface area (Å²) in [5, 5.41) is 0. The van der Waals surface area contributed by atoms with Crippen molar-refractivity contribution in [2.75, 3.05) is 13.7 Å². The molecule has 0 spiro atoms. The van der Waals surface area contributed by atoms with Gasteiger partial charge in [-0.1, -0.05) is 12.1 Å². The van der Waals surface area contributed by atoms with Gasteiger partial charge in [0.2, 0.25) is 5.91 Å². The van der Waals surface area contributed by atoms with E-state index in [1.54, 1.807) is 0 Å². The first-order valence-electron chi connectivity index (χ1n) is 7.78. The summed E-state index contributed by atoms with van der Waals surface area (Å²) >= 11 is 0. The Balaban J connectivity index is 1.68. The Morgan fingerprint density at radius 2 is 2.23 bits per heavy atom. The molecule has 1 atom stereocenters. The monoisotopic (exact) mass is 301 g/mol. The Bertz CT molecular complexity index is 644. The first kappa shape index (κ1) is 15.0. The molecule has 0 aliphatic carbocycles. The number of ether oxygens (including phenoxy) is 1. The molecule has 5 nitrogen and oxygen atoms in total. The zero-order valence-electron chi connectivity index (χ0n) is 13.4. The molecule has 0 bridgehead atoms. The molecule has 118 valence electrons. The maximum absolute atomic E-state index is 12.5. The SMILES string of the molecule is CN(C(=O)Cc1nc2ccccc2[nH]1)[C@@H]1CCOC(C)(C)C1. The van der Waals surface area contributed by atoms with Crippen molar-refractivity contribution < 1.29 is 9.53 Å². The zero-order valence-corrected chi connectivity index (χ0v) is 13.4. The molecule has 1 aromatic carbocycles. The molecular weight excluding hydrogens is 278 g/mol. The number of H-pyrrole nitrogens is 1. The molecule has 1 aromatic heterocycles. The van der Waals surface area contributed by atoms with Gasteiger partial charge in [0, 0.05) is 19.7 Å². The molecule has 1 saturated heterocycles. The molecule has 0 saturated carbocycles. The molecule has 3 rings (SSSR count). The molecular formula is C17H23N3O2. The van der Waals surface area contributed by atoms with E-state index in [4.69, 9.17) is 4.74 Å². The highest BCUT2D eigenvalue weighted by Gasteiger charge is 2.32. The van der Waals surface area contributed by atoms with Gasteiger partial charge in [0.1, 0.15) is 5.82 Å². The summed E-state index contributed by atoms with van der Waals surface area (Å²) in [7, 11) is 1.89. The van der Waals surface area contributed by atoms with E-state index >= 15 is 0 Å². The number of rotatable bonds is 3. The summed E-state index contributed by atoms with van der Waals surface area (Å²) in [6.07, 6.45) is 2.07. The predicted molar refractivity (Wildman–Crippen MR) is 85.6 cm³/mol. The third kappa shape index (κ3) is 3.14. The number of amides is 1. The highest BCUT2D eigenvalue weighted by atomic mass is 16.5. The van der Waals surface area contributed by atoms with E-state index in [1.807, 2.05) is 36.2 Å². The molecule has 0 unspecified atom stereocenters. The van der Waals surface area contributed by atoms with E-state index in [2.05, 4.69) is 23.8 Å². The number of nitrogens with zero attached hydrogens (tertiary/aromatic N) is 2. The average molecular weight is 301 g/mol. The first-order chi connectivity index (χ1) is 10.4. The quantitative estimate of drug-likeness (QED) is 0.947. The van der Waals surface area contributed by atoms with E-state index in [9.17, 15) is 4.79 Å². The van der Waals surface area contributed by atoms with Gasteiger partial charge in [0.05, 0.1) is 23.1 Å². The van der Waals surface area contributed by atoms with Crippen LogP contribution in [0.3, 0.4) is 0 Å². The number of fused-ring (bicyclic) bond motifs is 1. The topological polar surface area (TPSA) is 58.2 Å². The summed E-state index contributed by atoms with van der Waals surface area (Å²) in [4.78, 5) is 22.1. The number of nitrogens with one attached hydrogen (secondary N) is 1. The standard InChI is InChI=1S/C17H23N3O2/c1-17(2)11-12(8-9-22-17)20(3)16(21)10-15-18-13-6-4-5-7-14(13)19-15/h4-7,12H,8-11H2,1-3H3,(H,18,19)/t12-/m1/s1. The minimum Gasteiger partial charge on any atom is -0.375 e. The molecule has 0 radical (unpaired) electrons. The van der Waals surface area contributed by atoms with Crippen molar-refractivity contribution in [1.82, 2.24) is 14.9 Å². The van der Waals surface area contributed by atoms with Crippen LogP contribution >= 0.6 is 0 Å². The lowest BCUT2D eigenvalue weighted by atomic mass is 9.93. The molecule has 1 N–H and O–H groups in total. The molecule has 1 aliphatic rings. The fourth-order valence-electron chi connectivity index (χ4n) is 3.09. The van der Waals surface area contributed by atoms with Crippen molar-refractivity contribution in [3.63, 3.8) is 0 Å². The van der Waals surface area contributed by atoms with Crippen molar-refractivity contribution in [3.8, 4) is 0 Å².